The summed E-state index contributed by atoms with van der Waals surface area (Å²) in [7, 11) is 5.24. The number of ether oxygens (including phenoxy) is 2. The molecular formula is C16H27ClN2O3. The van der Waals surface area contributed by atoms with E-state index in [0.717, 1.165) is 19.4 Å². The van der Waals surface area contributed by atoms with E-state index in [1.807, 2.05) is 7.05 Å². The van der Waals surface area contributed by atoms with Crippen LogP contribution >= 0.6 is 12.4 Å². The number of carbonyl (C=O) groups excluding carboxylic acids is 1. The smallest absolute Gasteiger partial charge is 0.253 e. The normalized spacial score (nSPS) is 9.82. The lowest BCUT2D eigenvalue weighted by Crippen LogP contribution is -2.32. The van der Waals surface area contributed by atoms with Gasteiger partial charge in [-0.25, -0.2) is 0 Å². The molecule has 0 fully saturated rings. The first-order chi connectivity index (χ1) is 10.1. The van der Waals surface area contributed by atoms with Gasteiger partial charge in [-0.2, -0.15) is 0 Å². The first-order valence-electron chi connectivity index (χ1n) is 7.35. The van der Waals surface area contributed by atoms with Crippen LogP contribution in [0.5, 0.6) is 11.5 Å². The van der Waals surface area contributed by atoms with Crippen molar-refractivity contribution >= 4 is 18.3 Å². The molecule has 0 spiro atoms. The fourth-order valence-electron chi connectivity index (χ4n) is 1.85. The molecule has 0 aliphatic rings. The number of carbonyl (C=O) groups is 1. The standard InChI is InChI=1S/C16H26N2O3.ClH/c1-5-6-11-21-14-8-7-13(12-15(14)20-4)16(19)18(3)10-9-17-2;/h7-8,12,17H,5-6,9-11H2,1-4H3;1H. The van der Waals surface area contributed by atoms with Crippen LogP contribution in [-0.2, 0) is 0 Å². The van der Waals surface area contributed by atoms with Gasteiger partial charge in [0.05, 0.1) is 13.7 Å². The van der Waals surface area contributed by atoms with E-state index in [2.05, 4.69) is 12.2 Å². The lowest BCUT2D eigenvalue weighted by Gasteiger charge is -2.18. The highest BCUT2D eigenvalue weighted by Crippen LogP contribution is 2.28. The highest BCUT2D eigenvalue weighted by atomic mass is 35.5. The Morgan fingerprint density at radius 2 is 2.05 bits per heavy atom. The third kappa shape index (κ3) is 6.12. The third-order valence-electron chi connectivity index (χ3n) is 3.21. The second kappa shape index (κ2) is 11.2. The van der Waals surface area contributed by atoms with Crippen molar-refractivity contribution in [2.24, 2.45) is 0 Å². The molecule has 0 aliphatic heterocycles. The zero-order valence-electron chi connectivity index (χ0n) is 13.8. The Hall–Kier alpha value is -1.46. The average Bonchev–Trinajstić information content (AvgIpc) is 2.52. The first kappa shape index (κ1) is 20.5. The van der Waals surface area contributed by atoms with Crippen LogP contribution in [-0.4, -0.2) is 51.7 Å². The Kier molecular flexibility index (Phi) is 10.4. The van der Waals surface area contributed by atoms with Crippen molar-refractivity contribution in [3.63, 3.8) is 0 Å². The molecule has 1 aromatic carbocycles. The number of benzene rings is 1. The summed E-state index contributed by atoms with van der Waals surface area (Å²) in [5, 5.41) is 3.03. The largest absolute Gasteiger partial charge is 0.493 e. The molecule has 0 heterocycles. The monoisotopic (exact) mass is 330 g/mol. The van der Waals surface area contributed by atoms with Gasteiger partial charge in [0.15, 0.2) is 11.5 Å². The van der Waals surface area contributed by atoms with E-state index in [4.69, 9.17) is 9.47 Å². The molecule has 126 valence electrons. The molecule has 0 aromatic heterocycles. The number of nitrogens with zero attached hydrogens (tertiary/aromatic N) is 1. The zero-order chi connectivity index (χ0) is 15.7. The van der Waals surface area contributed by atoms with Crippen LogP contribution in [0, 0.1) is 0 Å². The van der Waals surface area contributed by atoms with Gasteiger partial charge in [-0.1, -0.05) is 13.3 Å². The van der Waals surface area contributed by atoms with E-state index in [9.17, 15) is 4.79 Å². The minimum absolute atomic E-state index is 0. The summed E-state index contributed by atoms with van der Waals surface area (Å²) >= 11 is 0. The van der Waals surface area contributed by atoms with Gasteiger partial charge in [-0.15, -0.1) is 12.4 Å². The van der Waals surface area contributed by atoms with Crippen LogP contribution in [0.15, 0.2) is 18.2 Å². The van der Waals surface area contributed by atoms with Crippen molar-refractivity contribution in [2.75, 3.05) is 40.9 Å². The summed E-state index contributed by atoms with van der Waals surface area (Å²) in [6.45, 7) is 4.19. The van der Waals surface area contributed by atoms with Crippen molar-refractivity contribution in [1.29, 1.82) is 0 Å². The SMILES string of the molecule is CCCCOc1ccc(C(=O)N(C)CCNC)cc1OC.Cl. The van der Waals surface area contributed by atoms with E-state index in [-0.39, 0.29) is 18.3 Å². The van der Waals surface area contributed by atoms with Gasteiger partial charge in [-0.05, 0) is 31.7 Å². The molecule has 0 saturated heterocycles. The van der Waals surface area contributed by atoms with Crippen molar-refractivity contribution in [3.8, 4) is 11.5 Å². The average molecular weight is 331 g/mol. The third-order valence-corrected chi connectivity index (χ3v) is 3.21. The molecule has 0 radical (unpaired) electrons. The number of amides is 1. The maximum absolute atomic E-state index is 12.3. The molecule has 0 unspecified atom stereocenters. The molecule has 1 rings (SSSR count). The Morgan fingerprint density at radius 1 is 1.32 bits per heavy atom. The summed E-state index contributed by atoms with van der Waals surface area (Å²) in [6, 6.07) is 5.31. The van der Waals surface area contributed by atoms with Gasteiger partial charge in [0.25, 0.3) is 5.91 Å². The fourth-order valence-corrected chi connectivity index (χ4v) is 1.85. The Morgan fingerprint density at radius 3 is 2.64 bits per heavy atom. The molecule has 0 saturated carbocycles. The fraction of sp³-hybridized carbons (Fsp3) is 0.562. The first-order valence-corrected chi connectivity index (χ1v) is 7.35. The number of nitrogens with one attached hydrogen (secondary N) is 1. The van der Waals surface area contributed by atoms with E-state index in [1.165, 1.54) is 0 Å². The minimum atomic E-state index is -0.0244. The summed E-state index contributed by atoms with van der Waals surface area (Å²) in [5.74, 6) is 1.25. The topological polar surface area (TPSA) is 50.8 Å². The molecule has 1 N–H and O–H groups in total. The number of hydrogen-bond donors (Lipinski definition) is 1. The van der Waals surface area contributed by atoms with Crippen LogP contribution in [0.3, 0.4) is 0 Å². The van der Waals surface area contributed by atoms with Crippen molar-refractivity contribution in [2.45, 2.75) is 19.8 Å². The molecule has 0 aliphatic carbocycles. The van der Waals surface area contributed by atoms with E-state index in [0.29, 0.717) is 30.2 Å². The van der Waals surface area contributed by atoms with Gasteiger partial charge in [0, 0.05) is 25.7 Å². The maximum Gasteiger partial charge on any atom is 0.253 e. The van der Waals surface area contributed by atoms with Crippen molar-refractivity contribution in [1.82, 2.24) is 10.2 Å². The van der Waals surface area contributed by atoms with Crippen LogP contribution < -0.4 is 14.8 Å². The summed E-state index contributed by atoms with van der Waals surface area (Å²) in [4.78, 5) is 14.0. The molecule has 5 nitrogen and oxygen atoms in total. The molecule has 0 bridgehead atoms. The summed E-state index contributed by atoms with van der Waals surface area (Å²) in [5.41, 5.74) is 0.605. The Balaban J connectivity index is 0.00000441. The Labute approximate surface area is 139 Å². The number of likely N-dealkylation sites (N-methyl/N-ethyl adjacent to an activating group) is 2. The van der Waals surface area contributed by atoms with Crippen molar-refractivity contribution < 1.29 is 14.3 Å². The predicted molar refractivity (Wildman–Crippen MR) is 91.5 cm³/mol. The van der Waals surface area contributed by atoms with Crippen LogP contribution in [0.2, 0.25) is 0 Å². The van der Waals surface area contributed by atoms with Crippen LogP contribution in [0.4, 0.5) is 0 Å². The number of methoxy groups -OCH3 is 1. The summed E-state index contributed by atoms with van der Waals surface area (Å²) < 4.78 is 11.0. The van der Waals surface area contributed by atoms with Gasteiger partial charge < -0.3 is 19.7 Å². The lowest BCUT2D eigenvalue weighted by atomic mass is 10.1. The lowest BCUT2D eigenvalue weighted by molar-refractivity contribution is 0.0796. The summed E-state index contributed by atoms with van der Waals surface area (Å²) in [6.07, 6.45) is 2.08. The number of halogens is 1. The molecule has 1 aromatic rings. The van der Waals surface area contributed by atoms with Crippen LogP contribution in [0.1, 0.15) is 30.1 Å². The minimum Gasteiger partial charge on any atom is -0.493 e. The van der Waals surface area contributed by atoms with Gasteiger partial charge in [0.2, 0.25) is 0 Å². The maximum atomic E-state index is 12.3. The predicted octanol–water partition coefficient (Wildman–Crippen LogP) is 2.59. The molecular weight excluding hydrogens is 304 g/mol. The Bertz CT molecular complexity index is 455. The number of rotatable bonds is 9. The second-order valence-electron chi connectivity index (χ2n) is 4.90. The number of unbranched alkanes of at least 4 members (excludes halogenated alkanes) is 1. The molecule has 1 amide bonds. The quantitative estimate of drug-likeness (QED) is 0.707. The van der Waals surface area contributed by atoms with Crippen molar-refractivity contribution in [3.05, 3.63) is 23.8 Å². The molecule has 0 atom stereocenters. The van der Waals surface area contributed by atoms with E-state index >= 15 is 0 Å². The highest BCUT2D eigenvalue weighted by Gasteiger charge is 2.14. The second-order valence-corrected chi connectivity index (χ2v) is 4.90. The van der Waals surface area contributed by atoms with E-state index < -0.39 is 0 Å². The van der Waals surface area contributed by atoms with Crippen LogP contribution in [0.25, 0.3) is 0 Å². The molecule has 6 heteroatoms. The van der Waals surface area contributed by atoms with Gasteiger partial charge >= 0.3 is 0 Å². The van der Waals surface area contributed by atoms with Gasteiger partial charge in [-0.3, -0.25) is 4.79 Å². The number of hydrogen-bond acceptors (Lipinski definition) is 4. The van der Waals surface area contributed by atoms with Gasteiger partial charge in [0.1, 0.15) is 0 Å². The zero-order valence-corrected chi connectivity index (χ0v) is 14.7. The molecule has 22 heavy (non-hydrogen) atoms. The van der Waals surface area contributed by atoms with E-state index in [1.54, 1.807) is 37.3 Å². The highest BCUT2D eigenvalue weighted by molar-refractivity contribution is 5.94.